The lowest BCUT2D eigenvalue weighted by molar-refractivity contribution is 0.168. The number of nitrogens with one attached hydrogen (secondary N) is 1. The molecular formula is C18H18N4O6. The highest BCUT2D eigenvalue weighted by molar-refractivity contribution is 5.68. The van der Waals surface area contributed by atoms with Gasteiger partial charge in [-0.3, -0.25) is 5.10 Å². The number of nitrogens with zero attached hydrogens (tertiary/aromatic N) is 2. The molecule has 3 heterocycles. The summed E-state index contributed by atoms with van der Waals surface area (Å²) in [5.74, 6) is 1.31. The van der Waals surface area contributed by atoms with Crippen molar-refractivity contribution in [2.24, 2.45) is 5.73 Å². The van der Waals surface area contributed by atoms with E-state index >= 15 is 0 Å². The first-order valence-electron chi connectivity index (χ1n) is 8.32. The first-order chi connectivity index (χ1) is 13.6. The van der Waals surface area contributed by atoms with Gasteiger partial charge < -0.3 is 34.2 Å². The molecule has 0 saturated heterocycles. The molecule has 0 aliphatic carbocycles. The van der Waals surface area contributed by atoms with Crippen LogP contribution in [0, 0.1) is 11.3 Å². The molecule has 1 unspecified atom stereocenters. The van der Waals surface area contributed by atoms with Gasteiger partial charge in [0.1, 0.15) is 11.6 Å². The Bertz CT molecular complexity index is 1010. The van der Waals surface area contributed by atoms with Crippen molar-refractivity contribution in [3.63, 3.8) is 0 Å². The largest absolute Gasteiger partial charge is 0.493 e. The molecule has 1 atom stereocenters. The lowest BCUT2D eigenvalue weighted by atomic mass is 9.83. The Hall–Kier alpha value is -3.58. The Labute approximate surface area is 160 Å². The molecule has 0 spiro atoms. The molecule has 0 bridgehead atoms. The third kappa shape index (κ3) is 2.48. The summed E-state index contributed by atoms with van der Waals surface area (Å²) in [7, 11) is 4.59. The van der Waals surface area contributed by atoms with Gasteiger partial charge in [-0.2, -0.15) is 5.26 Å². The average molecular weight is 386 g/mol. The van der Waals surface area contributed by atoms with Gasteiger partial charge in [-0.05, 0) is 6.07 Å². The summed E-state index contributed by atoms with van der Waals surface area (Å²) in [6, 6.07) is 3.87. The molecule has 1 aromatic carbocycles. The van der Waals surface area contributed by atoms with Gasteiger partial charge in [-0.25, -0.2) is 0 Å². The lowest BCUT2D eigenvalue weighted by Crippen LogP contribution is -2.22. The number of hydrogen-bond acceptors (Lipinski definition) is 9. The van der Waals surface area contributed by atoms with Crippen molar-refractivity contribution < 1.29 is 28.4 Å². The third-order valence-corrected chi connectivity index (χ3v) is 4.63. The molecule has 2 aromatic rings. The third-order valence-electron chi connectivity index (χ3n) is 4.63. The van der Waals surface area contributed by atoms with Gasteiger partial charge in [0.2, 0.25) is 30.1 Å². The fourth-order valence-corrected chi connectivity index (χ4v) is 3.48. The summed E-state index contributed by atoms with van der Waals surface area (Å²) in [4.78, 5) is 0. The SMILES string of the molecule is COCc1[nH]nc2c1C(c1cc(OC)c3c(c1OC)OCO3)C(C#N)=C(N)O2. The molecule has 146 valence electrons. The Morgan fingerprint density at radius 3 is 2.75 bits per heavy atom. The van der Waals surface area contributed by atoms with Crippen molar-refractivity contribution in [3.05, 3.63) is 34.3 Å². The monoisotopic (exact) mass is 386 g/mol. The summed E-state index contributed by atoms with van der Waals surface area (Å²) >= 11 is 0. The molecular weight excluding hydrogens is 368 g/mol. The number of rotatable bonds is 5. The van der Waals surface area contributed by atoms with E-state index in [-0.39, 0.29) is 30.7 Å². The number of aromatic amines is 1. The van der Waals surface area contributed by atoms with E-state index in [4.69, 9.17) is 34.2 Å². The predicted molar refractivity (Wildman–Crippen MR) is 94.3 cm³/mol. The number of hydrogen-bond donors (Lipinski definition) is 2. The lowest BCUT2D eigenvalue weighted by Gasteiger charge is -2.26. The molecule has 10 nitrogen and oxygen atoms in total. The Morgan fingerprint density at radius 2 is 2.07 bits per heavy atom. The maximum Gasteiger partial charge on any atom is 0.244 e. The van der Waals surface area contributed by atoms with E-state index in [1.165, 1.54) is 14.2 Å². The fourth-order valence-electron chi connectivity index (χ4n) is 3.48. The zero-order valence-electron chi connectivity index (χ0n) is 15.5. The number of methoxy groups -OCH3 is 3. The van der Waals surface area contributed by atoms with Crippen LogP contribution < -0.4 is 29.4 Å². The standard InChI is InChI=1S/C18H18N4O6/c1-23-6-10-13-12(9(5-19)17(20)28-18(13)22-21-10)8-4-11(24-2)15-16(14(8)25-3)27-7-26-15/h4,12H,6-7,20H2,1-3H3,(H,21,22). The minimum atomic E-state index is -0.629. The first-order valence-corrected chi connectivity index (χ1v) is 8.32. The Balaban J connectivity index is 2.01. The molecule has 0 amide bonds. The van der Waals surface area contributed by atoms with Crippen LogP contribution in [0.5, 0.6) is 28.9 Å². The highest BCUT2D eigenvalue weighted by atomic mass is 16.7. The Kier molecular flexibility index (Phi) is 4.37. The quantitative estimate of drug-likeness (QED) is 0.784. The summed E-state index contributed by atoms with van der Waals surface area (Å²) in [6.45, 7) is 0.277. The van der Waals surface area contributed by atoms with E-state index in [1.54, 1.807) is 13.2 Å². The molecule has 1 aromatic heterocycles. The second kappa shape index (κ2) is 6.86. The summed E-state index contributed by atoms with van der Waals surface area (Å²) in [5, 5.41) is 16.8. The molecule has 2 aliphatic heterocycles. The summed E-state index contributed by atoms with van der Waals surface area (Å²) < 4.78 is 33.0. The minimum absolute atomic E-state index is 0.0332. The molecule has 4 rings (SSSR count). The van der Waals surface area contributed by atoms with Gasteiger partial charge in [0.15, 0.2) is 11.5 Å². The van der Waals surface area contributed by atoms with Crippen molar-refractivity contribution in [2.75, 3.05) is 28.1 Å². The smallest absolute Gasteiger partial charge is 0.244 e. The minimum Gasteiger partial charge on any atom is -0.493 e. The Morgan fingerprint density at radius 1 is 1.29 bits per heavy atom. The number of ether oxygens (including phenoxy) is 6. The number of fused-ring (bicyclic) bond motifs is 2. The zero-order valence-corrected chi connectivity index (χ0v) is 15.5. The second-order valence-electron chi connectivity index (χ2n) is 6.04. The molecule has 2 aliphatic rings. The average Bonchev–Trinajstić information content (AvgIpc) is 3.33. The van der Waals surface area contributed by atoms with Crippen LogP contribution in [0.3, 0.4) is 0 Å². The zero-order chi connectivity index (χ0) is 19.8. The maximum absolute atomic E-state index is 9.80. The van der Waals surface area contributed by atoms with Gasteiger partial charge in [0.05, 0.1) is 38.0 Å². The number of nitriles is 1. The van der Waals surface area contributed by atoms with Crippen LogP contribution in [-0.2, 0) is 11.3 Å². The number of H-pyrrole nitrogens is 1. The number of benzene rings is 1. The number of allylic oxidation sites excluding steroid dienone is 1. The molecule has 28 heavy (non-hydrogen) atoms. The van der Waals surface area contributed by atoms with Crippen LogP contribution >= 0.6 is 0 Å². The van der Waals surface area contributed by atoms with Crippen LogP contribution in [0.4, 0.5) is 0 Å². The second-order valence-corrected chi connectivity index (χ2v) is 6.04. The normalized spacial score (nSPS) is 17.0. The number of aromatic nitrogens is 2. The van der Waals surface area contributed by atoms with E-state index in [2.05, 4.69) is 16.3 Å². The van der Waals surface area contributed by atoms with Crippen molar-refractivity contribution >= 4 is 0 Å². The van der Waals surface area contributed by atoms with E-state index in [0.29, 0.717) is 39.8 Å². The van der Waals surface area contributed by atoms with Crippen LogP contribution in [-0.4, -0.2) is 38.3 Å². The van der Waals surface area contributed by atoms with E-state index < -0.39 is 5.92 Å². The molecule has 0 saturated carbocycles. The first kappa shape index (κ1) is 17.8. The van der Waals surface area contributed by atoms with E-state index in [9.17, 15) is 5.26 Å². The van der Waals surface area contributed by atoms with E-state index in [1.807, 2.05) is 0 Å². The van der Waals surface area contributed by atoms with Gasteiger partial charge in [-0.1, -0.05) is 0 Å². The van der Waals surface area contributed by atoms with Gasteiger partial charge in [0, 0.05) is 12.7 Å². The van der Waals surface area contributed by atoms with E-state index in [0.717, 1.165) is 0 Å². The molecule has 3 N–H and O–H groups in total. The van der Waals surface area contributed by atoms with Gasteiger partial charge >= 0.3 is 0 Å². The fraction of sp³-hybridized carbons (Fsp3) is 0.333. The van der Waals surface area contributed by atoms with Crippen molar-refractivity contribution in [1.29, 1.82) is 5.26 Å². The van der Waals surface area contributed by atoms with Crippen LogP contribution in [0.15, 0.2) is 17.5 Å². The van der Waals surface area contributed by atoms with Crippen LogP contribution in [0.25, 0.3) is 0 Å². The van der Waals surface area contributed by atoms with Crippen molar-refractivity contribution in [2.45, 2.75) is 12.5 Å². The molecule has 0 radical (unpaired) electrons. The topological polar surface area (TPSA) is 134 Å². The van der Waals surface area contributed by atoms with Gasteiger partial charge in [0.25, 0.3) is 0 Å². The maximum atomic E-state index is 9.80. The summed E-state index contributed by atoms with van der Waals surface area (Å²) in [5.41, 5.74) is 8.11. The summed E-state index contributed by atoms with van der Waals surface area (Å²) in [6.07, 6.45) is 0. The molecule has 10 heteroatoms. The molecule has 0 fully saturated rings. The predicted octanol–water partition coefficient (Wildman–Crippen LogP) is 1.52. The highest BCUT2D eigenvalue weighted by Gasteiger charge is 2.39. The van der Waals surface area contributed by atoms with Crippen LogP contribution in [0.1, 0.15) is 22.7 Å². The van der Waals surface area contributed by atoms with Crippen molar-refractivity contribution in [1.82, 2.24) is 10.2 Å². The van der Waals surface area contributed by atoms with Crippen molar-refractivity contribution in [3.8, 4) is 34.9 Å². The number of nitrogens with two attached hydrogens (primary N) is 1. The van der Waals surface area contributed by atoms with Crippen LogP contribution in [0.2, 0.25) is 0 Å². The van der Waals surface area contributed by atoms with Gasteiger partial charge in [-0.15, -0.1) is 5.10 Å². The highest BCUT2D eigenvalue weighted by Crippen LogP contribution is 2.55.